The van der Waals surface area contributed by atoms with Gasteiger partial charge in [-0.2, -0.15) is 0 Å². The van der Waals surface area contributed by atoms with Crippen molar-refractivity contribution < 1.29 is 5.11 Å². The van der Waals surface area contributed by atoms with E-state index >= 15 is 0 Å². The van der Waals surface area contributed by atoms with Crippen LogP contribution in [0.25, 0.3) is 11.0 Å². The van der Waals surface area contributed by atoms with E-state index in [0.717, 1.165) is 0 Å². The summed E-state index contributed by atoms with van der Waals surface area (Å²) in [5.74, 6) is -0.178. The quantitative estimate of drug-likeness (QED) is 0.415. The second kappa shape index (κ2) is 2.00. The first-order valence-corrected chi connectivity index (χ1v) is 3.21. The number of aromatic hydroxyl groups is 1. The Hall–Kier alpha value is -1.98. The molecular formula is C6H5N3O3. The molecule has 0 bridgehead atoms. The van der Waals surface area contributed by atoms with Crippen LogP contribution < -0.4 is 11.2 Å². The Morgan fingerprint density at radius 1 is 1.25 bits per heavy atom. The first-order chi connectivity index (χ1) is 5.68. The third kappa shape index (κ3) is 0.746. The molecular weight excluding hydrogens is 162 g/mol. The lowest BCUT2D eigenvalue weighted by molar-refractivity contribution is 0.481. The standard InChI is InChI=1S/C6H5N3O3/c10-2-1-7-4-3(2)5(11)9-6(12)8-4/h1,10H,(H3,7,8,9,11,12). The van der Waals surface area contributed by atoms with Crippen LogP contribution in [0, 0.1) is 0 Å². The number of hydrogen-bond donors (Lipinski definition) is 4. The van der Waals surface area contributed by atoms with E-state index in [4.69, 9.17) is 5.11 Å². The van der Waals surface area contributed by atoms with Gasteiger partial charge in [0.15, 0.2) is 0 Å². The molecule has 0 saturated carbocycles. The number of rotatable bonds is 0. The molecule has 0 aliphatic heterocycles. The Morgan fingerprint density at radius 2 is 2.00 bits per heavy atom. The van der Waals surface area contributed by atoms with Crippen LogP contribution in [0.15, 0.2) is 15.8 Å². The van der Waals surface area contributed by atoms with Crippen molar-refractivity contribution in [3.05, 3.63) is 27.0 Å². The van der Waals surface area contributed by atoms with Gasteiger partial charge in [0, 0.05) is 6.20 Å². The normalized spacial score (nSPS) is 10.7. The average molecular weight is 167 g/mol. The summed E-state index contributed by atoms with van der Waals surface area (Å²) in [5, 5.41) is 9.17. The molecule has 0 fully saturated rings. The molecule has 0 unspecified atom stereocenters. The van der Waals surface area contributed by atoms with Crippen LogP contribution in [0.4, 0.5) is 0 Å². The minimum absolute atomic E-state index is 0.0644. The van der Waals surface area contributed by atoms with Crippen molar-refractivity contribution >= 4 is 11.0 Å². The van der Waals surface area contributed by atoms with E-state index in [0.29, 0.717) is 0 Å². The minimum atomic E-state index is -0.604. The van der Waals surface area contributed by atoms with E-state index in [2.05, 4.69) is 9.97 Å². The van der Waals surface area contributed by atoms with Gasteiger partial charge in [0.1, 0.15) is 16.8 Å². The van der Waals surface area contributed by atoms with Crippen molar-refractivity contribution in [2.24, 2.45) is 0 Å². The summed E-state index contributed by atoms with van der Waals surface area (Å²) in [6, 6.07) is 0. The van der Waals surface area contributed by atoms with Crippen molar-refractivity contribution in [1.29, 1.82) is 0 Å². The van der Waals surface area contributed by atoms with Gasteiger partial charge in [0.2, 0.25) is 0 Å². The molecule has 2 rings (SSSR count). The molecule has 0 aliphatic rings. The monoisotopic (exact) mass is 167 g/mol. The molecule has 0 amide bonds. The summed E-state index contributed by atoms with van der Waals surface area (Å²) >= 11 is 0. The first-order valence-electron chi connectivity index (χ1n) is 3.21. The van der Waals surface area contributed by atoms with Crippen LogP contribution in [0.3, 0.4) is 0 Å². The fourth-order valence-electron chi connectivity index (χ4n) is 1.05. The molecule has 62 valence electrons. The van der Waals surface area contributed by atoms with Gasteiger partial charge in [-0.25, -0.2) is 4.79 Å². The molecule has 4 N–H and O–H groups in total. The lowest BCUT2D eigenvalue weighted by atomic mass is 10.4. The van der Waals surface area contributed by atoms with Crippen LogP contribution >= 0.6 is 0 Å². The molecule has 0 spiro atoms. The van der Waals surface area contributed by atoms with Gasteiger partial charge in [-0.3, -0.25) is 14.8 Å². The topological polar surface area (TPSA) is 102 Å². The molecule has 12 heavy (non-hydrogen) atoms. The molecule has 2 aromatic rings. The van der Waals surface area contributed by atoms with E-state index < -0.39 is 11.2 Å². The average Bonchev–Trinajstić information content (AvgIpc) is 2.31. The molecule has 0 saturated heterocycles. The summed E-state index contributed by atoms with van der Waals surface area (Å²) in [6.07, 6.45) is 1.23. The highest BCUT2D eigenvalue weighted by Crippen LogP contribution is 2.15. The Morgan fingerprint density at radius 3 is 2.75 bits per heavy atom. The number of hydrogen-bond acceptors (Lipinski definition) is 3. The van der Waals surface area contributed by atoms with Crippen LogP contribution in [0.2, 0.25) is 0 Å². The number of aromatic amines is 3. The van der Waals surface area contributed by atoms with Crippen LogP contribution in [0.5, 0.6) is 5.75 Å². The molecule has 0 aliphatic carbocycles. The van der Waals surface area contributed by atoms with Crippen LogP contribution in [-0.4, -0.2) is 20.1 Å². The van der Waals surface area contributed by atoms with E-state index in [1.165, 1.54) is 6.20 Å². The summed E-state index contributed by atoms with van der Waals surface area (Å²) in [5.41, 5.74) is -0.983. The molecule has 0 atom stereocenters. The molecule has 0 radical (unpaired) electrons. The zero-order valence-electron chi connectivity index (χ0n) is 5.84. The fraction of sp³-hybridized carbons (Fsp3) is 0. The Kier molecular flexibility index (Phi) is 1.12. The fourth-order valence-corrected chi connectivity index (χ4v) is 1.05. The van der Waals surface area contributed by atoms with Crippen LogP contribution in [0.1, 0.15) is 0 Å². The predicted octanol–water partition coefficient (Wildman–Crippen LogP) is -0.750. The Balaban J connectivity index is 3.13. The molecule has 6 nitrogen and oxygen atoms in total. The molecule has 2 aromatic heterocycles. The summed E-state index contributed by atoms with van der Waals surface area (Å²) < 4.78 is 0. The lowest BCUT2D eigenvalue weighted by Gasteiger charge is -1.87. The van der Waals surface area contributed by atoms with E-state index in [9.17, 15) is 9.59 Å². The van der Waals surface area contributed by atoms with E-state index in [1.807, 2.05) is 4.98 Å². The third-order valence-electron chi connectivity index (χ3n) is 1.55. The highest BCUT2D eigenvalue weighted by Gasteiger charge is 2.06. The zero-order valence-corrected chi connectivity index (χ0v) is 5.84. The highest BCUT2D eigenvalue weighted by atomic mass is 16.3. The minimum Gasteiger partial charge on any atom is -0.505 e. The number of fused-ring (bicyclic) bond motifs is 1. The molecule has 2 heterocycles. The maximum atomic E-state index is 11.0. The maximum Gasteiger partial charge on any atom is 0.327 e. The van der Waals surface area contributed by atoms with Gasteiger partial charge in [-0.15, -0.1) is 0 Å². The number of aromatic nitrogens is 3. The first kappa shape index (κ1) is 6.71. The second-order valence-electron chi connectivity index (χ2n) is 2.33. The van der Waals surface area contributed by atoms with Gasteiger partial charge >= 0.3 is 5.69 Å². The largest absolute Gasteiger partial charge is 0.505 e. The summed E-state index contributed by atoms with van der Waals surface area (Å²) in [7, 11) is 0. The van der Waals surface area contributed by atoms with Crippen molar-refractivity contribution in [3.8, 4) is 5.75 Å². The zero-order chi connectivity index (χ0) is 8.72. The highest BCUT2D eigenvalue weighted by molar-refractivity contribution is 5.80. The van der Waals surface area contributed by atoms with Crippen molar-refractivity contribution in [3.63, 3.8) is 0 Å². The smallest absolute Gasteiger partial charge is 0.327 e. The SMILES string of the molecule is O=c1[nH]c(=O)c2c(O)c[nH]c2[nH]1. The van der Waals surface area contributed by atoms with Crippen LogP contribution in [-0.2, 0) is 0 Å². The number of H-pyrrole nitrogens is 3. The lowest BCUT2D eigenvalue weighted by Crippen LogP contribution is -2.21. The number of nitrogens with one attached hydrogen (secondary N) is 3. The van der Waals surface area contributed by atoms with Gasteiger partial charge in [0.25, 0.3) is 5.56 Å². The Bertz CT molecular complexity index is 533. The summed E-state index contributed by atoms with van der Waals surface area (Å²) in [6.45, 7) is 0. The van der Waals surface area contributed by atoms with Gasteiger partial charge < -0.3 is 10.1 Å². The third-order valence-corrected chi connectivity index (χ3v) is 1.55. The van der Waals surface area contributed by atoms with Gasteiger partial charge in [-0.05, 0) is 0 Å². The van der Waals surface area contributed by atoms with Gasteiger partial charge in [0.05, 0.1) is 0 Å². The van der Waals surface area contributed by atoms with Crippen molar-refractivity contribution in [1.82, 2.24) is 15.0 Å². The van der Waals surface area contributed by atoms with E-state index in [1.54, 1.807) is 0 Å². The van der Waals surface area contributed by atoms with E-state index in [-0.39, 0.29) is 16.8 Å². The summed E-state index contributed by atoms with van der Waals surface area (Å²) in [4.78, 5) is 28.6. The second-order valence-corrected chi connectivity index (χ2v) is 2.33. The molecule has 0 aromatic carbocycles. The maximum absolute atomic E-state index is 11.0. The van der Waals surface area contributed by atoms with Gasteiger partial charge in [-0.1, -0.05) is 0 Å². The molecule has 6 heteroatoms. The van der Waals surface area contributed by atoms with Crippen molar-refractivity contribution in [2.75, 3.05) is 0 Å². The Labute approximate surface area is 64.9 Å². The van der Waals surface area contributed by atoms with Crippen molar-refractivity contribution in [2.45, 2.75) is 0 Å². The predicted molar refractivity (Wildman–Crippen MR) is 41.2 cm³/mol.